The van der Waals surface area contributed by atoms with Gasteiger partial charge in [0.05, 0.1) is 11.2 Å². The number of aliphatic carboxylic acids is 1. The van der Waals surface area contributed by atoms with Crippen molar-refractivity contribution in [1.29, 1.82) is 0 Å². The summed E-state index contributed by atoms with van der Waals surface area (Å²) in [6.07, 6.45) is 1.02. The van der Waals surface area contributed by atoms with Gasteiger partial charge in [-0.3, -0.25) is 4.79 Å². The summed E-state index contributed by atoms with van der Waals surface area (Å²) in [6, 6.07) is 0. The van der Waals surface area contributed by atoms with Crippen LogP contribution in [0.2, 0.25) is 0 Å². The molecule has 0 rings (SSSR count). The van der Waals surface area contributed by atoms with Crippen molar-refractivity contribution in [2.24, 2.45) is 0 Å². The summed E-state index contributed by atoms with van der Waals surface area (Å²) in [6.45, 7) is 13.6. The van der Waals surface area contributed by atoms with Gasteiger partial charge in [-0.1, -0.05) is 6.92 Å². The number of carboxylic acid groups (broad SMARTS) is 1. The van der Waals surface area contributed by atoms with Crippen LogP contribution in [0.15, 0.2) is 0 Å². The Morgan fingerprint density at radius 3 is 1.38 bits per heavy atom. The maximum atomic E-state index is 9.60. The Balaban J connectivity index is 0. The van der Waals surface area contributed by atoms with Gasteiger partial charge in [-0.15, -0.1) is 0 Å². The molecule has 4 heteroatoms. The second kappa shape index (κ2) is 7.63. The molecule has 0 aromatic heterocycles. The highest BCUT2D eigenvalue weighted by Crippen LogP contribution is 2.14. The number of carbonyl (C=O) groups is 1. The summed E-state index contributed by atoms with van der Waals surface area (Å²) in [5.74, 6) is -0.711. The maximum Gasteiger partial charge on any atom is 0.303 e. The lowest BCUT2D eigenvalue weighted by Gasteiger charge is -2.24. The van der Waals surface area contributed by atoms with Crippen LogP contribution in [0, 0.1) is 0 Å². The molecule has 0 atom stereocenters. The minimum Gasteiger partial charge on any atom is -0.481 e. The summed E-state index contributed by atoms with van der Waals surface area (Å²) < 4.78 is 0. The molecular formula is C12H26O4. The lowest BCUT2D eigenvalue weighted by molar-refractivity contribution is -0.393. The molecule has 0 aliphatic heterocycles. The Labute approximate surface area is 98.9 Å². The molecule has 0 fully saturated rings. The maximum absolute atomic E-state index is 9.60. The molecule has 0 aromatic carbocycles. The van der Waals surface area contributed by atoms with Gasteiger partial charge in [0.15, 0.2) is 0 Å². The predicted octanol–water partition coefficient (Wildman–Crippen LogP) is 3.40. The highest BCUT2D eigenvalue weighted by molar-refractivity contribution is 5.66. The molecule has 0 bridgehead atoms. The van der Waals surface area contributed by atoms with Gasteiger partial charge >= 0.3 is 5.97 Å². The van der Waals surface area contributed by atoms with Gasteiger partial charge in [0.2, 0.25) is 0 Å². The molecule has 0 saturated carbocycles. The lowest BCUT2D eigenvalue weighted by Crippen LogP contribution is -2.27. The topological polar surface area (TPSA) is 55.8 Å². The summed E-state index contributed by atoms with van der Waals surface area (Å²) >= 11 is 0. The second-order valence-electron chi connectivity index (χ2n) is 5.54. The first-order valence-electron chi connectivity index (χ1n) is 5.56. The Morgan fingerprint density at radius 2 is 1.31 bits per heavy atom. The highest BCUT2D eigenvalue weighted by Gasteiger charge is 2.18. The van der Waals surface area contributed by atoms with E-state index in [4.69, 9.17) is 14.9 Å². The first-order chi connectivity index (χ1) is 6.98. The van der Waals surface area contributed by atoms with Crippen LogP contribution < -0.4 is 0 Å². The average molecular weight is 234 g/mol. The Bertz CT molecular complexity index is 172. The third-order valence-electron chi connectivity index (χ3n) is 1.01. The van der Waals surface area contributed by atoms with Crippen LogP contribution in [0.25, 0.3) is 0 Å². The van der Waals surface area contributed by atoms with E-state index >= 15 is 0 Å². The SMILES string of the molecule is CC(C)(C)OOC(C)(C)C.CCCC(=O)O. The van der Waals surface area contributed by atoms with Crippen LogP contribution in [0.1, 0.15) is 61.3 Å². The minimum absolute atomic E-state index is 0.215. The largest absolute Gasteiger partial charge is 0.481 e. The van der Waals surface area contributed by atoms with Gasteiger partial charge in [0, 0.05) is 6.42 Å². The molecule has 0 aliphatic carbocycles. The van der Waals surface area contributed by atoms with Crippen LogP contribution >= 0.6 is 0 Å². The molecule has 0 aliphatic rings. The number of hydrogen-bond donors (Lipinski definition) is 1. The van der Waals surface area contributed by atoms with Crippen LogP contribution in [0.4, 0.5) is 0 Å². The Kier molecular flexibility index (Phi) is 8.47. The van der Waals surface area contributed by atoms with Crippen molar-refractivity contribution in [3.05, 3.63) is 0 Å². The Morgan fingerprint density at radius 1 is 1.00 bits per heavy atom. The third-order valence-corrected chi connectivity index (χ3v) is 1.01. The second-order valence-corrected chi connectivity index (χ2v) is 5.54. The van der Waals surface area contributed by atoms with Crippen LogP contribution in [-0.2, 0) is 14.6 Å². The van der Waals surface area contributed by atoms with Gasteiger partial charge in [-0.25, -0.2) is 9.78 Å². The molecule has 0 aromatic rings. The molecule has 0 spiro atoms. The zero-order valence-corrected chi connectivity index (χ0v) is 11.6. The average Bonchev–Trinajstić information content (AvgIpc) is 1.99. The van der Waals surface area contributed by atoms with Crippen LogP contribution in [0.5, 0.6) is 0 Å². The smallest absolute Gasteiger partial charge is 0.303 e. The summed E-state index contributed by atoms with van der Waals surface area (Å²) in [4.78, 5) is 19.8. The van der Waals surface area contributed by atoms with Gasteiger partial charge in [-0.2, -0.15) is 0 Å². The summed E-state index contributed by atoms with van der Waals surface area (Å²) in [5, 5.41) is 7.91. The van der Waals surface area contributed by atoms with Crippen molar-refractivity contribution in [2.75, 3.05) is 0 Å². The first kappa shape index (κ1) is 17.8. The van der Waals surface area contributed by atoms with E-state index < -0.39 is 5.97 Å². The Hall–Kier alpha value is -0.610. The summed E-state index contributed by atoms with van der Waals surface area (Å²) in [7, 11) is 0. The molecule has 0 saturated heterocycles. The summed E-state index contributed by atoms with van der Waals surface area (Å²) in [5.41, 5.74) is -0.430. The van der Waals surface area contributed by atoms with Crippen LogP contribution in [0.3, 0.4) is 0 Å². The van der Waals surface area contributed by atoms with Crippen LogP contribution in [-0.4, -0.2) is 22.3 Å². The zero-order chi connectivity index (χ0) is 13.4. The lowest BCUT2D eigenvalue weighted by atomic mass is 10.2. The van der Waals surface area contributed by atoms with Crippen molar-refractivity contribution >= 4 is 5.97 Å². The highest BCUT2D eigenvalue weighted by atomic mass is 17.2. The standard InChI is InChI=1S/C8H18O2.C4H8O2/c1-7(2,3)9-10-8(4,5)6;1-2-3-4(5)6/h1-6H3;2-3H2,1H3,(H,5,6). The van der Waals surface area contributed by atoms with Gasteiger partial charge < -0.3 is 5.11 Å². The number of carboxylic acids is 1. The first-order valence-corrected chi connectivity index (χ1v) is 5.56. The fourth-order valence-electron chi connectivity index (χ4n) is 0.464. The van der Waals surface area contributed by atoms with Crippen molar-refractivity contribution in [2.45, 2.75) is 72.5 Å². The zero-order valence-electron chi connectivity index (χ0n) is 11.6. The van der Waals surface area contributed by atoms with Crippen molar-refractivity contribution in [1.82, 2.24) is 0 Å². The monoisotopic (exact) mass is 234 g/mol. The fraction of sp³-hybridized carbons (Fsp3) is 0.917. The van der Waals surface area contributed by atoms with E-state index in [0.717, 1.165) is 6.42 Å². The van der Waals surface area contributed by atoms with Crippen molar-refractivity contribution in [3.63, 3.8) is 0 Å². The van der Waals surface area contributed by atoms with Crippen molar-refractivity contribution in [3.8, 4) is 0 Å². The quantitative estimate of drug-likeness (QED) is 0.600. The normalized spacial score (nSPS) is 11.7. The van der Waals surface area contributed by atoms with E-state index in [2.05, 4.69) is 0 Å². The molecule has 4 nitrogen and oxygen atoms in total. The molecule has 0 unspecified atom stereocenters. The van der Waals surface area contributed by atoms with E-state index in [1.807, 2.05) is 48.5 Å². The number of rotatable bonds is 3. The molecule has 0 radical (unpaired) electrons. The molecule has 0 amide bonds. The predicted molar refractivity (Wildman–Crippen MR) is 64.2 cm³/mol. The van der Waals surface area contributed by atoms with E-state index in [0.29, 0.717) is 6.42 Å². The molecule has 98 valence electrons. The fourth-order valence-corrected chi connectivity index (χ4v) is 0.464. The van der Waals surface area contributed by atoms with Crippen molar-refractivity contribution < 1.29 is 19.7 Å². The molecule has 0 heterocycles. The molecular weight excluding hydrogens is 208 g/mol. The number of hydrogen-bond acceptors (Lipinski definition) is 3. The molecule has 16 heavy (non-hydrogen) atoms. The van der Waals surface area contributed by atoms with E-state index in [-0.39, 0.29) is 11.2 Å². The minimum atomic E-state index is -0.711. The van der Waals surface area contributed by atoms with Gasteiger partial charge in [-0.05, 0) is 48.0 Å². The van der Waals surface area contributed by atoms with E-state index in [1.54, 1.807) is 0 Å². The molecule has 1 N–H and O–H groups in total. The van der Waals surface area contributed by atoms with Gasteiger partial charge in [0.1, 0.15) is 0 Å². The van der Waals surface area contributed by atoms with E-state index in [1.165, 1.54) is 0 Å². The third kappa shape index (κ3) is 23.3. The van der Waals surface area contributed by atoms with Gasteiger partial charge in [0.25, 0.3) is 0 Å². The van der Waals surface area contributed by atoms with E-state index in [9.17, 15) is 4.79 Å².